The first-order valence-electron chi connectivity index (χ1n) is 5.56. The lowest BCUT2D eigenvalue weighted by molar-refractivity contribution is -0.122. The number of nitrogens with one attached hydrogen (secondary N) is 2. The summed E-state index contributed by atoms with van der Waals surface area (Å²) in [4.78, 5) is 24.5. The molecular formula is C12H15Cl2N3O2. The number of benzene rings is 1. The molecule has 19 heavy (non-hydrogen) atoms. The smallest absolute Gasteiger partial charge is 0.238 e. The minimum absolute atomic E-state index is 0.0796. The van der Waals surface area contributed by atoms with Gasteiger partial charge >= 0.3 is 0 Å². The molecule has 104 valence electrons. The summed E-state index contributed by atoms with van der Waals surface area (Å²) in [6, 6.07) is 4.81. The van der Waals surface area contributed by atoms with Gasteiger partial charge in [-0.15, -0.1) is 0 Å². The first-order valence-corrected chi connectivity index (χ1v) is 6.32. The maximum Gasteiger partial charge on any atom is 0.238 e. The maximum absolute atomic E-state index is 11.8. The van der Waals surface area contributed by atoms with Crippen molar-refractivity contribution in [1.82, 2.24) is 10.2 Å². The number of amides is 2. The second-order valence-electron chi connectivity index (χ2n) is 4.02. The molecule has 0 saturated carbocycles. The minimum Gasteiger partial charge on any atom is -0.358 e. The number of likely N-dealkylation sites (N-methyl/N-ethyl adjacent to an activating group) is 2. The van der Waals surface area contributed by atoms with Crippen LogP contribution in [-0.4, -0.2) is 43.9 Å². The van der Waals surface area contributed by atoms with Crippen LogP contribution in [0.25, 0.3) is 0 Å². The van der Waals surface area contributed by atoms with E-state index in [4.69, 9.17) is 23.2 Å². The summed E-state index contributed by atoms with van der Waals surface area (Å²) >= 11 is 11.8. The van der Waals surface area contributed by atoms with E-state index in [9.17, 15) is 9.59 Å². The van der Waals surface area contributed by atoms with Crippen molar-refractivity contribution in [3.8, 4) is 0 Å². The molecule has 0 aromatic heterocycles. The first kappa shape index (κ1) is 15.8. The van der Waals surface area contributed by atoms with Crippen LogP contribution in [0.5, 0.6) is 0 Å². The maximum atomic E-state index is 11.8. The zero-order chi connectivity index (χ0) is 14.4. The average Bonchev–Trinajstić information content (AvgIpc) is 2.33. The molecule has 0 heterocycles. The molecule has 2 amide bonds. The largest absolute Gasteiger partial charge is 0.358 e. The van der Waals surface area contributed by atoms with Gasteiger partial charge in [0.15, 0.2) is 0 Å². The number of rotatable bonds is 5. The summed E-state index contributed by atoms with van der Waals surface area (Å²) in [7, 11) is 3.22. The van der Waals surface area contributed by atoms with Gasteiger partial charge in [0, 0.05) is 12.1 Å². The van der Waals surface area contributed by atoms with Crippen LogP contribution < -0.4 is 10.6 Å². The average molecular weight is 304 g/mol. The van der Waals surface area contributed by atoms with Crippen molar-refractivity contribution >= 4 is 40.7 Å². The summed E-state index contributed by atoms with van der Waals surface area (Å²) in [5.74, 6) is -0.424. The van der Waals surface area contributed by atoms with Crippen LogP contribution in [0.15, 0.2) is 18.2 Å². The molecule has 2 N–H and O–H groups in total. The highest BCUT2D eigenvalue weighted by molar-refractivity contribution is 6.35. The van der Waals surface area contributed by atoms with E-state index >= 15 is 0 Å². The summed E-state index contributed by atoms with van der Waals surface area (Å²) in [6.45, 7) is 0.226. The van der Waals surface area contributed by atoms with Gasteiger partial charge in [0.25, 0.3) is 0 Å². The summed E-state index contributed by atoms with van der Waals surface area (Å²) in [6.07, 6.45) is 0. The Labute approximate surface area is 121 Å². The number of carbonyl (C=O) groups is 2. The monoisotopic (exact) mass is 303 g/mol. The molecule has 0 atom stereocenters. The first-order chi connectivity index (χ1) is 8.92. The molecule has 1 aromatic rings. The highest BCUT2D eigenvalue weighted by Crippen LogP contribution is 2.25. The second kappa shape index (κ2) is 7.33. The van der Waals surface area contributed by atoms with Gasteiger partial charge in [-0.3, -0.25) is 14.5 Å². The fourth-order valence-corrected chi connectivity index (χ4v) is 1.75. The molecule has 0 radical (unpaired) electrons. The molecule has 0 aliphatic rings. The van der Waals surface area contributed by atoms with Crippen LogP contribution in [0.2, 0.25) is 10.0 Å². The molecule has 0 fully saturated rings. The van der Waals surface area contributed by atoms with Gasteiger partial charge in [-0.1, -0.05) is 23.2 Å². The highest BCUT2D eigenvalue weighted by atomic mass is 35.5. The third-order valence-electron chi connectivity index (χ3n) is 2.31. The predicted octanol–water partition coefficient (Wildman–Crippen LogP) is 1.61. The number of nitrogens with zero attached hydrogens (tertiary/aromatic N) is 1. The quantitative estimate of drug-likeness (QED) is 0.869. The predicted molar refractivity (Wildman–Crippen MR) is 76.7 cm³/mol. The standard InChI is InChI=1S/C12H15Cl2N3O2/c1-15-11(18)6-17(2)7-12(19)16-10-5-8(13)3-4-9(10)14/h3-5H,6-7H2,1-2H3,(H,15,18)(H,16,19). The molecule has 0 aliphatic carbocycles. The van der Waals surface area contributed by atoms with Crippen molar-refractivity contribution in [2.75, 3.05) is 32.5 Å². The Morgan fingerprint density at radius 2 is 1.84 bits per heavy atom. The van der Waals surface area contributed by atoms with E-state index in [1.165, 1.54) is 0 Å². The van der Waals surface area contributed by atoms with Gasteiger partial charge in [0.05, 0.1) is 23.8 Å². The molecule has 1 rings (SSSR count). The van der Waals surface area contributed by atoms with Crippen molar-refractivity contribution in [1.29, 1.82) is 0 Å². The Kier molecular flexibility index (Phi) is 6.08. The lowest BCUT2D eigenvalue weighted by Gasteiger charge is -2.15. The Hall–Kier alpha value is -1.30. The van der Waals surface area contributed by atoms with E-state index in [-0.39, 0.29) is 24.9 Å². The number of carbonyl (C=O) groups excluding carboxylic acids is 2. The molecular weight excluding hydrogens is 289 g/mol. The van der Waals surface area contributed by atoms with Crippen molar-refractivity contribution in [3.63, 3.8) is 0 Å². The SMILES string of the molecule is CNC(=O)CN(C)CC(=O)Nc1cc(Cl)ccc1Cl. The van der Waals surface area contributed by atoms with Gasteiger partial charge in [0.2, 0.25) is 11.8 Å². The summed E-state index contributed by atoms with van der Waals surface area (Å²) < 4.78 is 0. The van der Waals surface area contributed by atoms with Crippen molar-refractivity contribution in [2.24, 2.45) is 0 Å². The number of anilines is 1. The molecule has 7 heteroatoms. The third-order valence-corrected chi connectivity index (χ3v) is 2.87. The van der Waals surface area contributed by atoms with Crippen molar-refractivity contribution in [3.05, 3.63) is 28.2 Å². The van der Waals surface area contributed by atoms with E-state index in [1.54, 1.807) is 37.2 Å². The normalized spacial score (nSPS) is 10.4. The van der Waals surface area contributed by atoms with Gasteiger partial charge in [-0.05, 0) is 25.2 Å². The van der Waals surface area contributed by atoms with Crippen LogP contribution in [0, 0.1) is 0 Å². The van der Waals surface area contributed by atoms with E-state index in [0.29, 0.717) is 15.7 Å². The fraction of sp³-hybridized carbons (Fsp3) is 0.333. The van der Waals surface area contributed by atoms with Crippen LogP contribution in [-0.2, 0) is 9.59 Å². The fourth-order valence-electron chi connectivity index (χ4n) is 1.41. The molecule has 5 nitrogen and oxygen atoms in total. The van der Waals surface area contributed by atoms with Gasteiger partial charge in [-0.25, -0.2) is 0 Å². The molecule has 0 aliphatic heterocycles. The lowest BCUT2D eigenvalue weighted by atomic mass is 10.3. The molecule has 0 bridgehead atoms. The van der Waals surface area contributed by atoms with Crippen LogP contribution in [0.3, 0.4) is 0 Å². The Balaban J connectivity index is 2.55. The van der Waals surface area contributed by atoms with E-state index in [1.807, 2.05) is 0 Å². The summed E-state index contributed by atoms with van der Waals surface area (Å²) in [5, 5.41) is 6.02. The Bertz CT molecular complexity index is 480. The second-order valence-corrected chi connectivity index (χ2v) is 4.86. The zero-order valence-electron chi connectivity index (χ0n) is 10.7. The number of hydrogen-bond donors (Lipinski definition) is 2. The molecule has 0 spiro atoms. The Morgan fingerprint density at radius 3 is 2.47 bits per heavy atom. The van der Waals surface area contributed by atoms with Crippen LogP contribution in [0.4, 0.5) is 5.69 Å². The van der Waals surface area contributed by atoms with E-state index in [0.717, 1.165) is 0 Å². The topological polar surface area (TPSA) is 61.4 Å². The Morgan fingerprint density at radius 1 is 1.21 bits per heavy atom. The van der Waals surface area contributed by atoms with Crippen molar-refractivity contribution < 1.29 is 9.59 Å². The van der Waals surface area contributed by atoms with E-state index < -0.39 is 0 Å². The zero-order valence-corrected chi connectivity index (χ0v) is 12.2. The lowest BCUT2D eigenvalue weighted by Crippen LogP contribution is -2.37. The van der Waals surface area contributed by atoms with Crippen LogP contribution in [0.1, 0.15) is 0 Å². The molecule has 1 aromatic carbocycles. The number of halogens is 2. The van der Waals surface area contributed by atoms with Gasteiger partial charge in [0.1, 0.15) is 0 Å². The van der Waals surface area contributed by atoms with E-state index in [2.05, 4.69) is 10.6 Å². The third kappa shape index (κ3) is 5.46. The van der Waals surface area contributed by atoms with Crippen LogP contribution >= 0.6 is 23.2 Å². The summed E-state index contributed by atoms with van der Waals surface area (Å²) in [5.41, 5.74) is 0.451. The van der Waals surface area contributed by atoms with Gasteiger partial charge in [-0.2, -0.15) is 0 Å². The molecule has 0 saturated heterocycles. The van der Waals surface area contributed by atoms with Crippen molar-refractivity contribution in [2.45, 2.75) is 0 Å². The minimum atomic E-state index is -0.268. The number of hydrogen-bond acceptors (Lipinski definition) is 3. The highest BCUT2D eigenvalue weighted by Gasteiger charge is 2.11. The van der Waals surface area contributed by atoms with Gasteiger partial charge < -0.3 is 10.6 Å². The molecule has 0 unspecified atom stereocenters.